The summed E-state index contributed by atoms with van der Waals surface area (Å²) in [7, 11) is 0. The SMILES string of the molecule is N#CCN(C(=O)Cc1cccc(F)c1)C1CCCC1. The second kappa shape index (κ2) is 6.33. The Kier molecular flexibility index (Phi) is 4.51. The largest absolute Gasteiger partial charge is 0.326 e. The summed E-state index contributed by atoms with van der Waals surface area (Å²) in [5, 5.41) is 8.85. The predicted molar refractivity (Wildman–Crippen MR) is 69.7 cm³/mol. The summed E-state index contributed by atoms with van der Waals surface area (Å²) in [6, 6.07) is 8.30. The zero-order valence-corrected chi connectivity index (χ0v) is 10.8. The van der Waals surface area contributed by atoms with E-state index in [-0.39, 0.29) is 30.7 Å². The van der Waals surface area contributed by atoms with Crippen molar-refractivity contribution >= 4 is 5.91 Å². The summed E-state index contributed by atoms with van der Waals surface area (Å²) in [5.74, 6) is -0.419. The molecule has 0 spiro atoms. The van der Waals surface area contributed by atoms with Gasteiger partial charge >= 0.3 is 0 Å². The van der Waals surface area contributed by atoms with E-state index in [2.05, 4.69) is 6.07 Å². The molecule has 1 amide bonds. The number of hydrogen-bond donors (Lipinski definition) is 0. The lowest BCUT2D eigenvalue weighted by Crippen LogP contribution is -2.40. The maximum atomic E-state index is 13.1. The van der Waals surface area contributed by atoms with Crippen LogP contribution < -0.4 is 0 Å². The average molecular weight is 260 g/mol. The Morgan fingerprint density at radius 2 is 2.16 bits per heavy atom. The van der Waals surface area contributed by atoms with Crippen molar-refractivity contribution in [3.8, 4) is 6.07 Å². The zero-order chi connectivity index (χ0) is 13.7. The summed E-state index contributed by atoms with van der Waals surface area (Å²) in [6.45, 7) is 0.124. The zero-order valence-electron chi connectivity index (χ0n) is 10.8. The summed E-state index contributed by atoms with van der Waals surface area (Å²) in [6.07, 6.45) is 4.32. The van der Waals surface area contributed by atoms with Crippen LogP contribution in [-0.4, -0.2) is 23.4 Å². The van der Waals surface area contributed by atoms with Gasteiger partial charge < -0.3 is 4.90 Å². The fourth-order valence-electron chi connectivity index (χ4n) is 2.64. The van der Waals surface area contributed by atoms with Gasteiger partial charge in [0.1, 0.15) is 12.4 Å². The highest BCUT2D eigenvalue weighted by Gasteiger charge is 2.26. The van der Waals surface area contributed by atoms with Crippen molar-refractivity contribution in [2.45, 2.75) is 38.1 Å². The van der Waals surface area contributed by atoms with Gasteiger partial charge in [-0.25, -0.2) is 4.39 Å². The van der Waals surface area contributed by atoms with Crippen LogP contribution in [-0.2, 0) is 11.2 Å². The van der Waals surface area contributed by atoms with E-state index in [0.717, 1.165) is 25.7 Å². The first-order valence-electron chi connectivity index (χ1n) is 6.61. The quantitative estimate of drug-likeness (QED) is 0.781. The van der Waals surface area contributed by atoms with Crippen molar-refractivity contribution in [3.05, 3.63) is 35.6 Å². The standard InChI is InChI=1S/C15H17FN2O/c16-13-5-3-4-12(10-13)11-15(19)18(9-8-17)14-6-1-2-7-14/h3-5,10,14H,1-2,6-7,9,11H2. The topological polar surface area (TPSA) is 44.1 Å². The molecule has 4 heteroatoms. The maximum absolute atomic E-state index is 13.1. The molecule has 1 aromatic rings. The van der Waals surface area contributed by atoms with Crippen molar-refractivity contribution in [1.82, 2.24) is 4.90 Å². The van der Waals surface area contributed by atoms with Gasteiger partial charge in [-0.05, 0) is 30.5 Å². The fraction of sp³-hybridized carbons (Fsp3) is 0.467. The number of benzene rings is 1. The van der Waals surface area contributed by atoms with Crippen LogP contribution in [0.1, 0.15) is 31.2 Å². The van der Waals surface area contributed by atoms with Crippen molar-refractivity contribution < 1.29 is 9.18 Å². The number of nitrogens with zero attached hydrogens (tertiary/aromatic N) is 2. The summed E-state index contributed by atoms with van der Waals surface area (Å²) < 4.78 is 13.1. The molecule has 100 valence electrons. The van der Waals surface area contributed by atoms with E-state index in [1.807, 2.05) is 0 Å². The molecule has 1 aliphatic rings. The first-order chi connectivity index (χ1) is 9.20. The van der Waals surface area contributed by atoms with E-state index < -0.39 is 0 Å². The Morgan fingerprint density at radius 1 is 1.42 bits per heavy atom. The van der Waals surface area contributed by atoms with Crippen LogP contribution in [0, 0.1) is 17.1 Å². The highest BCUT2D eigenvalue weighted by atomic mass is 19.1. The molecule has 1 fully saturated rings. The maximum Gasteiger partial charge on any atom is 0.228 e. The van der Waals surface area contributed by atoms with Crippen molar-refractivity contribution in [2.75, 3.05) is 6.54 Å². The molecule has 2 rings (SSSR count). The molecule has 0 atom stereocenters. The predicted octanol–water partition coefficient (Wildman–Crippen LogP) is 2.66. The summed E-state index contributed by atoms with van der Waals surface area (Å²) in [5.41, 5.74) is 0.658. The Morgan fingerprint density at radius 3 is 2.79 bits per heavy atom. The number of rotatable bonds is 4. The molecule has 19 heavy (non-hydrogen) atoms. The van der Waals surface area contributed by atoms with Crippen LogP contribution in [0.3, 0.4) is 0 Å². The van der Waals surface area contributed by atoms with Crippen LogP contribution in [0.25, 0.3) is 0 Å². The minimum absolute atomic E-state index is 0.0842. The molecule has 1 aliphatic carbocycles. The Balaban J connectivity index is 2.05. The van der Waals surface area contributed by atoms with Gasteiger partial charge in [-0.3, -0.25) is 4.79 Å². The Bertz CT molecular complexity index is 489. The van der Waals surface area contributed by atoms with Gasteiger partial charge in [0.2, 0.25) is 5.91 Å². The van der Waals surface area contributed by atoms with Gasteiger partial charge in [0.15, 0.2) is 0 Å². The first-order valence-corrected chi connectivity index (χ1v) is 6.61. The fourth-order valence-corrected chi connectivity index (χ4v) is 2.64. The second-order valence-corrected chi connectivity index (χ2v) is 4.92. The normalized spacial score (nSPS) is 15.2. The van der Waals surface area contributed by atoms with Crippen LogP contribution >= 0.6 is 0 Å². The molecule has 1 aromatic carbocycles. The van der Waals surface area contributed by atoms with Crippen LogP contribution in [0.15, 0.2) is 24.3 Å². The number of halogens is 1. The van der Waals surface area contributed by atoms with Gasteiger partial charge in [0.05, 0.1) is 12.5 Å². The lowest BCUT2D eigenvalue weighted by molar-refractivity contribution is -0.132. The number of carbonyl (C=O) groups is 1. The van der Waals surface area contributed by atoms with Crippen LogP contribution in [0.2, 0.25) is 0 Å². The van der Waals surface area contributed by atoms with Gasteiger partial charge in [-0.2, -0.15) is 5.26 Å². The highest BCUT2D eigenvalue weighted by Crippen LogP contribution is 2.24. The number of carbonyl (C=O) groups excluding carboxylic acids is 1. The third-order valence-electron chi connectivity index (χ3n) is 3.57. The first kappa shape index (κ1) is 13.5. The third kappa shape index (κ3) is 3.54. The molecule has 0 heterocycles. The van der Waals surface area contributed by atoms with Gasteiger partial charge in [-0.1, -0.05) is 25.0 Å². The molecule has 0 bridgehead atoms. The van der Waals surface area contributed by atoms with Gasteiger partial charge in [0.25, 0.3) is 0 Å². The molecule has 0 N–H and O–H groups in total. The van der Waals surface area contributed by atoms with Crippen molar-refractivity contribution in [3.63, 3.8) is 0 Å². The molecule has 0 aliphatic heterocycles. The van der Waals surface area contributed by atoms with E-state index in [9.17, 15) is 9.18 Å². The van der Waals surface area contributed by atoms with Crippen molar-refractivity contribution in [1.29, 1.82) is 5.26 Å². The number of hydrogen-bond acceptors (Lipinski definition) is 2. The second-order valence-electron chi connectivity index (χ2n) is 4.92. The van der Waals surface area contributed by atoms with Gasteiger partial charge in [-0.15, -0.1) is 0 Å². The highest BCUT2D eigenvalue weighted by molar-refractivity contribution is 5.79. The summed E-state index contributed by atoms with van der Waals surface area (Å²) in [4.78, 5) is 13.9. The van der Waals surface area contributed by atoms with Gasteiger partial charge in [0, 0.05) is 6.04 Å². The Hall–Kier alpha value is -1.89. The van der Waals surface area contributed by atoms with E-state index in [1.165, 1.54) is 12.1 Å². The van der Waals surface area contributed by atoms with Crippen molar-refractivity contribution in [2.24, 2.45) is 0 Å². The van der Waals surface area contributed by atoms with E-state index >= 15 is 0 Å². The smallest absolute Gasteiger partial charge is 0.228 e. The van der Waals surface area contributed by atoms with Crippen LogP contribution in [0.5, 0.6) is 0 Å². The molecule has 0 saturated heterocycles. The molecule has 1 saturated carbocycles. The molecular weight excluding hydrogens is 243 g/mol. The van der Waals surface area contributed by atoms with E-state index in [4.69, 9.17) is 5.26 Å². The minimum atomic E-state index is -0.335. The molecule has 3 nitrogen and oxygen atoms in total. The lowest BCUT2D eigenvalue weighted by Gasteiger charge is -2.26. The molecule has 0 aromatic heterocycles. The lowest BCUT2D eigenvalue weighted by atomic mass is 10.1. The number of nitriles is 1. The molecular formula is C15H17FN2O. The molecule has 0 unspecified atom stereocenters. The van der Waals surface area contributed by atoms with E-state index in [0.29, 0.717) is 5.56 Å². The number of amides is 1. The minimum Gasteiger partial charge on any atom is -0.326 e. The Labute approximate surface area is 112 Å². The summed E-state index contributed by atoms with van der Waals surface area (Å²) >= 11 is 0. The molecule has 0 radical (unpaired) electrons. The van der Waals surface area contributed by atoms with E-state index in [1.54, 1.807) is 17.0 Å². The average Bonchev–Trinajstić information content (AvgIpc) is 2.89. The monoisotopic (exact) mass is 260 g/mol. The third-order valence-corrected chi connectivity index (χ3v) is 3.57. The van der Waals surface area contributed by atoms with Crippen LogP contribution in [0.4, 0.5) is 4.39 Å².